The largest absolute Gasteiger partial charge is 0.465 e. The maximum Gasteiger partial charge on any atom is 0.409 e. The lowest BCUT2D eigenvalue weighted by Crippen LogP contribution is -2.22. The topological polar surface area (TPSA) is 132 Å². The number of nitrogens with zero attached hydrogens (tertiary/aromatic N) is 3. The van der Waals surface area contributed by atoms with Crippen molar-refractivity contribution in [2.45, 2.75) is 32.4 Å². The van der Waals surface area contributed by atoms with Crippen LogP contribution in [0.1, 0.15) is 16.3 Å². The Labute approximate surface area is 201 Å². The zero-order valence-electron chi connectivity index (χ0n) is 18.6. The quantitative estimate of drug-likeness (QED) is 0.154. The number of hydrogen-bond acceptors (Lipinski definition) is 6. The maximum absolute atomic E-state index is 13.2. The van der Waals surface area contributed by atoms with E-state index in [1.807, 2.05) is 0 Å². The zero-order valence-corrected chi connectivity index (χ0v) is 21.2. The van der Waals surface area contributed by atoms with Crippen LogP contribution in [-0.4, -0.2) is 46.2 Å². The van der Waals surface area contributed by atoms with Gasteiger partial charge in [0.05, 0.1) is 5.69 Å². The number of benzene rings is 1. The minimum absolute atomic E-state index is 0.160. The lowest BCUT2D eigenvalue weighted by Gasteiger charge is -2.15. The Morgan fingerprint density at radius 2 is 2.00 bits per heavy atom. The number of ketones is 1. The summed E-state index contributed by atoms with van der Waals surface area (Å²) in [5.41, 5.74) is 8.12. The molecule has 3 rings (SSSR count). The van der Waals surface area contributed by atoms with E-state index < -0.39 is 14.2 Å². The van der Waals surface area contributed by atoms with E-state index in [1.54, 1.807) is 41.2 Å². The highest BCUT2D eigenvalue weighted by Gasteiger charge is 2.21. The van der Waals surface area contributed by atoms with Crippen LogP contribution in [0.5, 0.6) is 0 Å². The number of pyridine rings is 1. The summed E-state index contributed by atoms with van der Waals surface area (Å²) in [5, 5.41) is 11.2. The number of nitrogen functional groups attached to an aromatic ring is 1. The standard InChI is InChI=1S/C22H26BrN5O4Si/c1-33(2,3)9-8-32-13-28-12-19(16-6-5-15(10-17(16)24)26-22(30)31)27-21(28)20(29)18-7-4-14(23)11-25-18/h4-7,10-12,26H,8-9,13,24H2,1-3H3,(H,30,31). The molecule has 1 aromatic carbocycles. The van der Waals surface area contributed by atoms with Crippen LogP contribution in [0.25, 0.3) is 11.3 Å². The maximum atomic E-state index is 13.2. The first kappa shape index (κ1) is 24.6. The number of anilines is 2. The van der Waals surface area contributed by atoms with Crippen molar-refractivity contribution >= 4 is 47.3 Å². The van der Waals surface area contributed by atoms with Crippen molar-refractivity contribution in [2.75, 3.05) is 17.7 Å². The summed E-state index contributed by atoms with van der Waals surface area (Å²) in [4.78, 5) is 32.8. The summed E-state index contributed by atoms with van der Waals surface area (Å²) < 4.78 is 8.27. The molecule has 0 atom stereocenters. The molecule has 0 aliphatic carbocycles. The number of carbonyl (C=O) groups is 2. The predicted octanol–water partition coefficient (Wildman–Crippen LogP) is 4.92. The summed E-state index contributed by atoms with van der Waals surface area (Å²) in [6.45, 7) is 7.56. The Morgan fingerprint density at radius 1 is 1.24 bits per heavy atom. The van der Waals surface area contributed by atoms with E-state index in [2.05, 4.69) is 50.9 Å². The summed E-state index contributed by atoms with van der Waals surface area (Å²) in [6.07, 6.45) is 2.08. The molecule has 33 heavy (non-hydrogen) atoms. The second-order valence-corrected chi connectivity index (χ2v) is 15.2. The first-order valence-electron chi connectivity index (χ1n) is 10.2. The van der Waals surface area contributed by atoms with Gasteiger partial charge in [0.2, 0.25) is 5.78 Å². The van der Waals surface area contributed by atoms with Gasteiger partial charge in [-0.2, -0.15) is 0 Å². The van der Waals surface area contributed by atoms with Gasteiger partial charge in [0.15, 0.2) is 5.82 Å². The van der Waals surface area contributed by atoms with Crippen molar-refractivity contribution in [3.05, 3.63) is 58.7 Å². The molecule has 3 aromatic rings. The Kier molecular flexibility index (Phi) is 7.67. The molecule has 0 unspecified atom stereocenters. The van der Waals surface area contributed by atoms with Crippen molar-refractivity contribution < 1.29 is 19.4 Å². The Morgan fingerprint density at radius 3 is 2.61 bits per heavy atom. The van der Waals surface area contributed by atoms with Gasteiger partial charge in [-0.25, -0.2) is 9.78 Å². The fraction of sp³-hybridized carbons (Fsp3) is 0.273. The molecule has 0 saturated heterocycles. The molecule has 0 bridgehead atoms. The molecule has 2 heterocycles. The summed E-state index contributed by atoms with van der Waals surface area (Å²) in [6, 6.07) is 9.11. The van der Waals surface area contributed by atoms with E-state index in [0.29, 0.717) is 29.2 Å². The highest BCUT2D eigenvalue weighted by molar-refractivity contribution is 9.10. The van der Waals surface area contributed by atoms with Crippen LogP contribution >= 0.6 is 15.9 Å². The van der Waals surface area contributed by atoms with E-state index in [-0.39, 0.29) is 24.0 Å². The molecule has 0 radical (unpaired) electrons. The van der Waals surface area contributed by atoms with Crippen molar-refractivity contribution in [1.82, 2.24) is 14.5 Å². The number of nitrogens with two attached hydrogens (primary N) is 1. The van der Waals surface area contributed by atoms with Crippen molar-refractivity contribution in [1.29, 1.82) is 0 Å². The predicted molar refractivity (Wildman–Crippen MR) is 133 cm³/mol. The molecule has 1 amide bonds. The highest BCUT2D eigenvalue weighted by Crippen LogP contribution is 2.29. The van der Waals surface area contributed by atoms with Crippen LogP contribution in [0.3, 0.4) is 0 Å². The van der Waals surface area contributed by atoms with E-state index in [4.69, 9.17) is 15.6 Å². The van der Waals surface area contributed by atoms with Gasteiger partial charge in [0, 0.05) is 48.5 Å². The van der Waals surface area contributed by atoms with Crippen molar-refractivity contribution in [3.8, 4) is 11.3 Å². The summed E-state index contributed by atoms with van der Waals surface area (Å²) in [5.74, 6) is -0.162. The molecule has 174 valence electrons. The molecule has 9 nitrogen and oxygen atoms in total. The third-order valence-corrected chi connectivity index (χ3v) is 6.92. The Hall–Kier alpha value is -3.02. The summed E-state index contributed by atoms with van der Waals surface area (Å²) in [7, 11) is -1.26. The van der Waals surface area contributed by atoms with Gasteiger partial charge in [-0.05, 0) is 52.3 Å². The van der Waals surface area contributed by atoms with E-state index in [9.17, 15) is 9.59 Å². The van der Waals surface area contributed by atoms with Gasteiger partial charge >= 0.3 is 6.09 Å². The molecule has 0 aliphatic heterocycles. The number of imidazole rings is 1. The fourth-order valence-corrected chi connectivity index (χ4v) is 3.98. The molecule has 4 N–H and O–H groups in total. The smallest absolute Gasteiger partial charge is 0.409 e. The fourth-order valence-electron chi connectivity index (χ4n) is 2.99. The van der Waals surface area contributed by atoms with E-state index >= 15 is 0 Å². The molecular formula is C22H26BrN5O4Si. The average molecular weight is 532 g/mol. The van der Waals surface area contributed by atoms with E-state index in [1.165, 1.54) is 6.07 Å². The minimum atomic E-state index is -1.26. The highest BCUT2D eigenvalue weighted by atomic mass is 79.9. The van der Waals surface area contributed by atoms with Crippen LogP contribution in [0, 0.1) is 0 Å². The van der Waals surface area contributed by atoms with Gasteiger partial charge < -0.3 is 20.1 Å². The minimum Gasteiger partial charge on any atom is -0.465 e. The zero-order chi connectivity index (χ0) is 24.2. The van der Waals surface area contributed by atoms with Crippen molar-refractivity contribution in [2.24, 2.45) is 0 Å². The molecule has 11 heteroatoms. The van der Waals surface area contributed by atoms with E-state index in [0.717, 1.165) is 10.5 Å². The summed E-state index contributed by atoms with van der Waals surface area (Å²) >= 11 is 3.32. The van der Waals surface area contributed by atoms with Crippen LogP contribution < -0.4 is 11.1 Å². The average Bonchev–Trinajstić information content (AvgIpc) is 3.14. The van der Waals surface area contributed by atoms with Gasteiger partial charge in [-0.1, -0.05) is 19.6 Å². The first-order chi connectivity index (χ1) is 15.5. The van der Waals surface area contributed by atoms with Gasteiger partial charge in [-0.15, -0.1) is 0 Å². The van der Waals surface area contributed by atoms with Crippen LogP contribution in [-0.2, 0) is 11.5 Å². The van der Waals surface area contributed by atoms with Crippen LogP contribution in [0.4, 0.5) is 16.2 Å². The third kappa shape index (κ3) is 6.73. The number of halogens is 1. The second kappa shape index (κ2) is 10.3. The molecular weight excluding hydrogens is 506 g/mol. The molecule has 0 aliphatic rings. The Balaban J connectivity index is 1.92. The third-order valence-electron chi connectivity index (χ3n) is 4.75. The number of aromatic nitrogens is 3. The van der Waals surface area contributed by atoms with Gasteiger partial charge in [0.1, 0.15) is 12.4 Å². The number of rotatable bonds is 9. The molecule has 2 aromatic heterocycles. The van der Waals surface area contributed by atoms with Gasteiger partial charge in [-0.3, -0.25) is 15.1 Å². The number of ether oxygens (including phenoxy) is 1. The Bertz CT molecular complexity index is 1160. The lowest BCUT2D eigenvalue weighted by molar-refractivity contribution is 0.0811. The molecule has 0 fully saturated rings. The second-order valence-electron chi connectivity index (χ2n) is 8.69. The normalized spacial score (nSPS) is 11.4. The number of carboxylic acid groups (broad SMARTS) is 1. The molecule has 0 spiro atoms. The number of carbonyl (C=O) groups excluding carboxylic acids is 1. The van der Waals surface area contributed by atoms with Crippen LogP contribution in [0.2, 0.25) is 25.7 Å². The monoisotopic (exact) mass is 531 g/mol. The van der Waals surface area contributed by atoms with Crippen molar-refractivity contribution in [3.63, 3.8) is 0 Å². The number of amides is 1. The number of hydrogen-bond donors (Lipinski definition) is 3. The van der Waals surface area contributed by atoms with Crippen LogP contribution in [0.15, 0.2) is 47.2 Å². The lowest BCUT2D eigenvalue weighted by atomic mass is 10.1. The molecule has 0 saturated carbocycles. The SMILES string of the molecule is C[Si](C)(C)CCOCn1cc(-c2ccc(NC(=O)O)cc2N)nc1C(=O)c1ccc(Br)cn1. The first-order valence-corrected chi connectivity index (χ1v) is 14.7. The number of nitrogens with one attached hydrogen (secondary N) is 1. The van der Waals surface area contributed by atoms with Gasteiger partial charge in [0.25, 0.3) is 0 Å².